The first kappa shape index (κ1) is 13.4. The van der Waals surface area contributed by atoms with Crippen molar-refractivity contribution in [3.63, 3.8) is 0 Å². The van der Waals surface area contributed by atoms with Crippen molar-refractivity contribution in [1.29, 1.82) is 0 Å². The van der Waals surface area contributed by atoms with Gasteiger partial charge in [0.05, 0.1) is 18.9 Å². The first-order valence-corrected chi connectivity index (χ1v) is 6.13. The molecule has 1 aromatic carbocycles. The zero-order valence-corrected chi connectivity index (χ0v) is 11.2. The monoisotopic (exact) mass is 263 g/mol. The summed E-state index contributed by atoms with van der Waals surface area (Å²) in [6, 6.07) is 3.67. The van der Waals surface area contributed by atoms with Gasteiger partial charge in [0, 0.05) is 11.3 Å². The van der Waals surface area contributed by atoms with E-state index in [1.807, 2.05) is 26.0 Å². The Kier molecular flexibility index (Phi) is 3.46. The van der Waals surface area contributed by atoms with Gasteiger partial charge in [-0.2, -0.15) is 0 Å². The van der Waals surface area contributed by atoms with Crippen LogP contribution in [0.25, 0.3) is 0 Å². The molecule has 1 saturated carbocycles. The third kappa shape index (κ3) is 2.54. The first-order valence-electron chi connectivity index (χ1n) is 6.13. The molecule has 102 valence electrons. The molecule has 0 bridgehead atoms. The lowest BCUT2D eigenvalue weighted by molar-refractivity contribution is -0.139. The van der Waals surface area contributed by atoms with Crippen molar-refractivity contribution in [2.45, 2.75) is 20.3 Å². The van der Waals surface area contributed by atoms with E-state index in [1.54, 1.807) is 7.11 Å². The van der Waals surface area contributed by atoms with Crippen LogP contribution in [0.3, 0.4) is 0 Å². The van der Waals surface area contributed by atoms with E-state index in [0.717, 1.165) is 16.9 Å². The van der Waals surface area contributed by atoms with Crippen LogP contribution in [-0.4, -0.2) is 24.1 Å². The molecular formula is C14H17NO4. The Morgan fingerprint density at radius 1 is 1.32 bits per heavy atom. The summed E-state index contributed by atoms with van der Waals surface area (Å²) in [4.78, 5) is 22.7. The van der Waals surface area contributed by atoms with Gasteiger partial charge in [0.25, 0.3) is 0 Å². The maximum Gasteiger partial charge on any atom is 0.307 e. The highest BCUT2D eigenvalue weighted by atomic mass is 16.5. The number of aryl methyl sites for hydroxylation is 1. The number of methoxy groups -OCH3 is 1. The van der Waals surface area contributed by atoms with E-state index in [1.165, 1.54) is 0 Å². The molecule has 1 fully saturated rings. The molecule has 0 unspecified atom stereocenters. The molecule has 5 nitrogen and oxygen atoms in total. The smallest absolute Gasteiger partial charge is 0.307 e. The number of carbonyl (C=O) groups is 2. The summed E-state index contributed by atoms with van der Waals surface area (Å²) in [6.07, 6.45) is 0.420. The molecular weight excluding hydrogens is 246 g/mol. The highest BCUT2D eigenvalue weighted by Crippen LogP contribution is 2.40. The van der Waals surface area contributed by atoms with Crippen molar-refractivity contribution in [1.82, 2.24) is 0 Å². The Labute approximate surface area is 111 Å². The van der Waals surface area contributed by atoms with Gasteiger partial charge in [-0.05, 0) is 31.9 Å². The molecule has 1 aliphatic rings. The molecule has 19 heavy (non-hydrogen) atoms. The number of anilines is 1. The summed E-state index contributed by atoms with van der Waals surface area (Å²) in [7, 11) is 1.59. The zero-order chi connectivity index (χ0) is 14.2. The second-order valence-corrected chi connectivity index (χ2v) is 4.86. The minimum atomic E-state index is -0.904. The van der Waals surface area contributed by atoms with Gasteiger partial charge in [-0.3, -0.25) is 9.59 Å². The summed E-state index contributed by atoms with van der Waals surface area (Å²) in [5, 5.41) is 11.6. The highest BCUT2D eigenvalue weighted by molar-refractivity contribution is 5.98. The first-order chi connectivity index (χ1) is 8.95. The molecule has 1 aliphatic carbocycles. The van der Waals surface area contributed by atoms with E-state index in [4.69, 9.17) is 9.84 Å². The van der Waals surface area contributed by atoms with Crippen LogP contribution in [0.15, 0.2) is 12.1 Å². The average Bonchev–Trinajstić information content (AvgIpc) is 3.13. The molecule has 0 radical (unpaired) electrons. The van der Waals surface area contributed by atoms with Crippen LogP contribution in [0.4, 0.5) is 5.69 Å². The van der Waals surface area contributed by atoms with E-state index in [2.05, 4.69) is 5.32 Å². The van der Waals surface area contributed by atoms with Gasteiger partial charge < -0.3 is 15.2 Å². The summed E-state index contributed by atoms with van der Waals surface area (Å²) in [5.41, 5.74) is 2.51. The minimum absolute atomic E-state index is 0.235. The lowest BCUT2D eigenvalue weighted by Crippen LogP contribution is -2.17. The van der Waals surface area contributed by atoms with Gasteiger partial charge >= 0.3 is 5.97 Å². The molecule has 0 aromatic heterocycles. The fraction of sp³-hybridized carbons (Fsp3) is 0.429. The largest absolute Gasteiger partial charge is 0.496 e. The van der Waals surface area contributed by atoms with Crippen LogP contribution < -0.4 is 10.1 Å². The molecule has 1 amide bonds. The summed E-state index contributed by atoms with van der Waals surface area (Å²) >= 11 is 0. The number of nitrogens with one attached hydrogen (secondary N) is 1. The molecule has 2 rings (SSSR count). The number of aliphatic carboxylic acids is 1. The lowest BCUT2D eigenvalue weighted by atomic mass is 10.1. The fourth-order valence-corrected chi connectivity index (χ4v) is 2.26. The van der Waals surface area contributed by atoms with E-state index < -0.39 is 17.8 Å². The Balaban J connectivity index is 2.12. The number of hydrogen-bond acceptors (Lipinski definition) is 3. The molecule has 5 heteroatoms. The maximum absolute atomic E-state index is 11.9. The molecule has 0 saturated heterocycles. The number of carboxylic acids is 1. The molecule has 2 N–H and O–H groups in total. The van der Waals surface area contributed by atoms with Crippen LogP contribution in [0.2, 0.25) is 0 Å². The third-order valence-corrected chi connectivity index (χ3v) is 3.51. The highest BCUT2D eigenvalue weighted by Gasteiger charge is 2.48. The second-order valence-electron chi connectivity index (χ2n) is 4.86. The quantitative estimate of drug-likeness (QED) is 0.870. The summed E-state index contributed by atoms with van der Waals surface area (Å²) in [5.74, 6) is -1.35. The standard InChI is InChI=1S/C14H17NO4/c1-7-4-5-11(8(2)12(7)19-3)15-13(16)9-6-10(9)14(17)18/h4-5,9-10H,6H2,1-3H3,(H,15,16)(H,17,18)/t9-,10+/m1/s1. The number of ether oxygens (including phenoxy) is 1. The SMILES string of the molecule is COc1c(C)ccc(NC(=O)[C@@H]2C[C@@H]2C(=O)O)c1C. The van der Waals surface area contributed by atoms with Gasteiger partial charge in [-0.15, -0.1) is 0 Å². The number of benzene rings is 1. The van der Waals surface area contributed by atoms with Crippen molar-refractivity contribution in [2.75, 3.05) is 12.4 Å². The van der Waals surface area contributed by atoms with Crippen LogP contribution in [0.5, 0.6) is 5.75 Å². The van der Waals surface area contributed by atoms with Gasteiger partial charge in [0.1, 0.15) is 5.75 Å². The van der Waals surface area contributed by atoms with Crippen LogP contribution in [-0.2, 0) is 9.59 Å². The van der Waals surface area contributed by atoms with Crippen molar-refractivity contribution in [2.24, 2.45) is 11.8 Å². The van der Waals surface area contributed by atoms with Crippen LogP contribution in [0, 0.1) is 25.7 Å². The number of carboxylic acid groups (broad SMARTS) is 1. The van der Waals surface area contributed by atoms with Gasteiger partial charge in [0.2, 0.25) is 5.91 Å². The minimum Gasteiger partial charge on any atom is -0.496 e. The number of amides is 1. The van der Waals surface area contributed by atoms with Gasteiger partial charge in [0.15, 0.2) is 0 Å². The third-order valence-electron chi connectivity index (χ3n) is 3.51. The molecule has 2 atom stereocenters. The lowest BCUT2D eigenvalue weighted by Gasteiger charge is -2.13. The maximum atomic E-state index is 11.9. The summed E-state index contributed by atoms with van der Waals surface area (Å²) < 4.78 is 5.29. The van der Waals surface area contributed by atoms with Crippen molar-refractivity contribution in [3.8, 4) is 5.75 Å². The van der Waals surface area contributed by atoms with E-state index in [0.29, 0.717) is 12.1 Å². The number of rotatable bonds is 4. The van der Waals surface area contributed by atoms with Crippen molar-refractivity contribution >= 4 is 17.6 Å². The Morgan fingerprint density at radius 3 is 2.53 bits per heavy atom. The van der Waals surface area contributed by atoms with E-state index >= 15 is 0 Å². The van der Waals surface area contributed by atoms with Gasteiger partial charge in [-0.25, -0.2) is 0 Å². The second kappa shape index (κ2) is 4.91. The average molecular weight is 263 g/mol. The molecule has 0 spiro atoms. The molecule has 0 aliphatic heterocycles. The van der Waals surface area contributed by atoms with Crippen molar-refractivity contribution in [3.05, 3.63) is 23.3 Å². The normalized spacial score (nSPS) is 20.8. The van der Waals surface area contributed by atoms with Crippen LogP contribution in [0.1, 0.15) is 17.5 Å². The molecule has 0 heterocycles. The Bertz CT molecular complexity index is 538. The van der Waals surface area contributed by atoms with E-state index in [9.17, 15) is 9.59 Å². The van der Waals surface area contributed by atoms with E-state index in [-0.39, 0.29) is 5.91 Å². The molecule has 1 aromatic rings. The van der Waals surface area contributed by atoms with Crippen molar-refractivity contribution < 1.29 is 19.4 Å². The van der Waals surface area contributed by atoms with Crippen LogP contribution >= 0.6 is 0 Å². The number of hydrogen-bond donors (Lipinski definition) is 2. The predicted molar refractivity (Wildman–Crippen MR) is 70.3 cm³/mol. The Hall–Kier alpha value is -2.04. The topological polar surface area (TPSA) is 75.6 Å². The fourth-order valence-electron chi connectivity index (χ4n) is 2.26. The predicted octanol–water partition coefficient (Wildman–Crippen LogP) is 1.97. The Morgan fingerprint density at radius 2 is 2.00 bits per heavy atom. The zero-order valence-electron chi connectivity index (χ0n) is 11.2. The van der Waals surface area contributed by atoms with Gasteiger partial charge in [-0.1, -0.05) is 6.07 Å². The summed E-state index contributed by atoms with van der Waals surface area (Å²) in [6.45, 7) is 3.79. The number of carbonyl (C=O) groups excluding carboxylic acids is 1.